The summed E-state index contributed by atoms with van der Waals surface area (Å²) in [5.41, 5.74) is 1.99. The highest BCUT2D eigenvalue weighted by atomic mass is 16.1. The van der Waals surface area contributed by atoms with Crippen LogP contribution in [0.1, 0.15) is 37.2 Å². The van der Waals surface area contributed by atoms with Crippen LogP contribution in [0.5, 0.6) is 0 Å². The second-order valence-electron chi connectivity index (χ2n) is 2.91. The molecule has 0 saturated carbocycles. The maximum absolute atomic E-state index is 11.3. The van der Waals surface area contributed by atoms with Crippen LogP contribution in [0.25, 0.3) is 0 Å². The van der Waals surface area contributed by atoms with Gasteiger partial charge in [-0.15, -0.1) is 0 Å². The number of carbonyl (C=O) groups is 1. The van der Waals surface area contributed by atoms with Crippen LogP contribution in [-0.4, -0.2) is 12.5 Å². The van der Waals surface area contributed by atoms with Gasteiger partial charge in [0.1, 0.15) is 0 Å². The number of hydrogen-bond acceptors (Lipinski definition) is 1. The monoisotopic (exact) mass is 193 g/mol. The summed E-state index contributed by atoms with van der Waals surface area (Å²) in [5.74, 6) is 0.00477. The zero-order chi connectivity index (χ0) is 9.68. The molecule has 1 aromatic carbocycles. The molecule has 0 bridgehead atoms. The van der Waals surface area contributed by atoms with Crippen LogP contribution < -0.4 is 5.32 Å². The van der Waals surface area contributed by atoms with Crippen molar-refractivity contribution < 1.29 is 4.79 Å². The predicted molar refractivity (Wildman–Crippen MR) is 60.6 cm³/mol. The Hall–Kier alpha value is -1.31. The van der Waals surface area contributed by atoms with Gasteiger partial charge in [-0.25, -0.2) is 0 Å². The Bertz CT molecular complexity index is 277. The van der Waals surface area contributed by atoms with Crippen molar-refractivity contribution in [3.05, 3.63) is 35.4 Å². The van der Waals surface area contributed by atoms with Crippen LogP contribution in [0.4, 0.5) is 0 Å². The quantitative estimate of drug-likeness (QED) is 0.785. The van der Waals surface area contributed by atoms with Crippen LogP contribution in [0.2, 0.25) is 0 Å². The lowest BCUT2D eigenvalue weighted by Crippen LogP contribution is -2.22. The van der Waals surface area contributed by atoms with Gasteiger partial charge in [-0.1, -0.05) is 26.5 Å². The third kappa shape index (κ3) is 3.21. The van der Waals surface area contributed by atoms with E-state index in [0.29, 0.717) is 6.54 Å². The molecular formula is C12H19NO. The molecule has 2 heteroatoms. The Morgan fingerprint density at radius 1 is 1.21 bits per heavy atom. The van der Waals surface area contributed by atoms with Gasteiger partial charge in [0.2, 0.25) is 0 Å². The van der Waals surface area contributed by atoms with Crippen molar-refractivity contribution in [1.82, 2.24) is 5.32 Å². The zero-order valence-corrected chi connectivity index (χ0v) is 8.13. The van der Waals surface area contributed by atoms with Gasteiger partial charge >= 0.3 is 0 Å². The molecule has 1 N–H and O–H groups in total. The van der Waals surface area contributed by atoms with E-state index in [1.165, 1.54) is 5.56 Å². The SMILES string of the molecule is C.CCNC(=O)c1ccc(CC)cc1. The minimum absolute atomic E-state index is 0. The number of rotatable bonds is 3. The minimum atomic E-state index is 0. The molecule has 0 saturated heterocycles. The predicted octanol–water partition coefficient (Wildman–Crippen LogP) is 2.63. The van der Waals surface area contributed by atoms with Gasteiger partial charge in [-0.3, -0.25) is 4.79 Å². The van der Waals surface area contributed by atoms with Crippen molar-refractivity contribution >= 4 is 5.91 Å². The Balaban J connectivity index is 0.00000169. The Labute approximate surface area is 86.3 Å². The maximum Gasteiger partial charge on any atom is 0.251 e. The minimum Gasteiger partial charge on any atom is -0.352 e. The van der Waals surface area contributed by atoms with Crippen LogP contribution in [0.15, 0.2) is 24.3 Å². The summed E-state index contributed by atoms with van der Waals surface area (Å²) in [6.07, 6.45) is 1.01. The van der Waals surface area contributed by atoms with Crippen LogP contribution in [-0.2, 0) is 6.42 Å². The summed E-state index contributed by atoms with van der Waals surface area (Å²) in [6.45, 7) is 4.69. The first-order valence-electron chi connectivity index (χ1n) is 4.65. The smallest absolute Gasteiger partial charge is 0.251 e. The van der Waals surface area contributed by atoms with Crippen molar-refractivity contribution in [2.45, 2.75) is 27.7 Å². The van der Waals surface area contributed by atoms with E-state index in [0.717, 1.165) is 12.0 Å². The van der Waals surface area contributed by atoms with E-state index in [2.05, 4.69) is 12.2 Å². The highest BCUT2D eigenvalue weighted by Crippen LogP contribution is 2.04. The normalized spacial score (nSPS) is 9.00. The van der Waals surface area contributed by atoms with Gasteiger partial charge < -0.3 is 5.32 Å². The lowest BCUT2D eigenvalue weighted by molar-refractivity contribution is 0.0956. The molecule has 0 spiro atoms. The van der Waals surface area contributed by atoms with Gasteiger partial charge in [-0.2, -0.15) is 0 Å². The highest BCUT2D eigenvalue weighted by molar-refractivity contribution is 5.94. The Kier molecular flexibility index (Phi) is 5.61. The van der Waals surface area contributed by atoms with E-state index in [1.54, 1.807) is 0 Å². The number of nitrogens with one attached hydrogen (secondary N) is 1. The fourth-order valence-corrected chi connectivity index (χ4v) is 1.15. The third-order valence-electron chi connectivity index (χ3n) is 1.96. The van der Waals surface area contributed by atoms with Gasteiger partial charge in [0.15, 0.2) is 0 Å². The molecule has 14 heavy (non-hydrogen) atoms. The van der Waals surface area contributed by atoms with Crippen LogP contribution in [0, 0.1) is 0 Å². The molecule has 78 valence electrons. The first-order chi connectivity index (χ1) is 6.27. The molecule has 0 aliphatic heterocycles. The standard InChI is InChI=1S/C11H15NO.CH4/c1-3-9-5-7-10(8-6-9)11(13)12-4-2;/h5-8H,3-4H2,1-2H3,(H,12,13);1H4. The van der Waals surface area contributed by atoms with Gasteiger partial charge in [-0.05, 0) is 31.0 Å². The molecule has 0 aromatic heterocycles. The average molecular weight is 193 g/mol. The number of amides is 1. The summed E-state index contributed by atoms with van der Waals surface area (Å²) in [7, 11) is 0. The molecular weight excluding hydrogens is 174 g/mol. The number of aryl methyl sites for hydroxylation is 1. The van der Waals surface area contributed by atoms with Crippen molar-refractivity contribution in [2.75, 3.05) is 6.54 Å². The molecule has 1 amide bonds. The molecule has 0 aliphatic rings. The third-order valence-corrected chi connectivity index (χ3v) is 1.96. The maximum atomic E-state index is 11.3. The fraction of sp³-hybridized carbons (Fsp3) is 0.417. The summed E-state index contributed by atoms with van der Waals surface area (Å²) in [5, 5.41) is 2.76. The van der Waals surface area contributed by atoms with Crippen molar-refractivity contribution in [1.29, 1.82) is 0 Å². The fourth-order valence-electron chi connectivity index (χ4n) is 1.15. The number of hydrogen-bond donors (Lipinski definition) is 1. The average Bonchev–Trinajstić information content (AvgIpc) is 2.18. The van der Waals surface area contributed by atoms with E-state index in [1.807, 2.05) is 31.2 Å². The molecule has 1 rings (SSSR count). The Morgan fingerprint density at radius 3 is 2.21 bits per heavy atom. The molecule has 0 aliphatic carbocycles. The second kappa shape index (κ2) is 6.19. The first kappa shape index (κ1) is 12.7. The topological polar surface area (TPSA) is 29.1 Å². The van der Waals surface area contributed by atoms with Crippen molar-refractivity contribution in [3.63, 3.8) is 0 Å². The van der Waals surface area contributed by atoms with E-state index in [-0.39, 0.29) is 13.3 Å². The van der Waals surface area contributed by atoms with Crippen molar-refractivity contribution in [3.8, 4) is 0 Å². The lowest BCUT2D eigenvalue weighted by atomic mass is 10.1. The van der Waals surface area contributed by atoms with Gasteiger partial charge in [0.25, 0.3) is 5.91 Å². The summed E-state index contributed by atoms with van der Waals surface area (Å²) >= 11 is 0. The summed E-state index contributed by atoms with van der Waals surface area (Å²) < 4.78 is 0. The highest BCUT2D eigenvalue weighted by Gasteiger charge is 2.01. The molecule has 0 atom stereocenters. The van der Waals surface area contributed by atoms with E-state index >= 15 is 0 Å². The van der Waals surface area contributed by atoms with Crippen molar-refractivity contribution in [2.24, 2.45) is 0 Å². The van der Waals surface area contributed by atoms with Gasteiger partial charge in [0, 0.05) is 12.1 Å². The van der Waals surface area contributed by atoms with E-state index in [4.69, 9.17) is 0 Å². The largest absolute Gasteiger partial charge is 0.352 e. The van der Waals surface area contributed by atoms with E-state index < -0.39 is 0 Å². The van der Waals surface area contributed by atoms with Crippen LogP contribution >= 0.6 is 0 Å². The van der Waals surface area contributed by atoms with Crippen LogP contribution in [0.3, 0.4) is 0 Å². The summed E-state index contributed by atoms with van der Waals surface area (Å²) in [4.78, 5) is 11.3. The first-order valence-corrected chi connectivity index (χ1v) is 4.65. The molecule has 0 heterocycles. The molecule has 1 aromatic rings. The Morgan fingerprint density at radius 2 is 1.79 bits per heavy atom. The number of benzene rings is 1. The second-order valence-corrected chi connectivity index (χ2v) is 2.91. The molecule has 0 fully saturated rings. The molecule has 0 radical (unpaired) electrons. The zero-order valence-electron chi connectivity index (χ0n) is 8.13. The molecule has 2 nitrogen and oxygen atoms in total. The summed E-state index contributed by atoms with van der Waals surface area (Å²) in [6, 6.07) is 7.71. The van der Waals surface area contributed by atoms with E-state index in [9.17, 15) is 4.79 Å². The molecule has 0 unspecified atom stereocenters. The number of carbonyl (C=O) groups excluding carboxylic acids is 1. The lowest BCUT2D eigenvalue weighted by Gasteiger charge is -2.02. The van der Waals surface area contributed by atoms with Gasteiger partial charge in [0.05, 0.1) is 0 Å².